The van der Waals surface area contributed by atoms with Gasteiger partial charge in [0.05, 0.1) is 0 Å². The molecule has 2 atom stereocenters. The van der Waals surface area contributed by atoms with Crippen molar-refractivity contribution >= 4 is 12.4 Å². The van der Waals surface area contributed by atoms with Crippen LogP contribution in [0.4, 0.5) is 0 Å². The smallest absolute Gasteiger partial charge is 0.0294 e. The molecule has 1 N–H and O–H groups in total. The van der Waals surface area contributed by atoms with Crippen LogP contribution in [0.5, 0.6) is 0 Å². The van der Waals surface area contributed by atoms with E-state index >= 15 is 0 Å². The molecule has 3 aliphatic heterocycles. The number of benzene rings is 1. The van der Waals surface area contributed by atoms with Gasteiger partial charge in [0.2, 0.25) is 0 Å². The number of fused-ring (bicyclic) bond motifs is 3. The lowest BCUT2D eigenvalue weighted by molar-refractivity contribution is 0.0680. The Bertz CT molecular complexity index is 360. The van der Waals surface area contributed by atoms with E-state index in [4.69, 9.17) is 0 Å². The predicted octanol–water partition coefficient (Wildman–Crippen LogP) is 2.85. The number of nitrogens with one attached hydrogen (secondary N) is 1. The van der Waals surface area contributed by atoms with E-state index in [2.05, 4.69) is 47.5 Å². The largest absolute Gasteiger partial charge is 0.306 e. The van der Waals surface area contributed by atoms with Crippen molar-refractivity contribution in [1.82, 2.24) is 10.2 Å². The van der Waals surface area contributed by atoms with Gasteiger partial charge in [-0.3, -0.25) is 0 Å². The highest BCUT2D eigenvalue weighted by Crippen LogP contribution is 2.29. The molecule has 3 fully saturated rings. The van der Waals surface area contributed by atoms with Gasteiger partial charge in [-0.15, -0.1) is 12.4 Å². The normalized spacial score (nSPS) is 31.7. The fourth-order valence-electron chi connectivity index (χ4n) is 3.31. The number of rotatable bonds is 3. The highest BCUT2D eigenvalue weighted by molar-refractivity contribution is 5.85. The molecule has 3 heteroatoms. The minimum Gasteiger partial charge on any atom is -0.306 e. The fraction of sp³-hybridized carbons (Fsp3) is 0.600. The van der Waals surface area contributed by atoms with Crippen LogP contribution in [0.3, 0.4) is 0 Å². The number of nitrogens with zero attached hydrogens (tertiary/aromatic N) is 1. The Balaban J connectivity index is 0.00000120. The summed E-state index contributed by atoms with van der Waals surface area (Å²) in [6.45, 7) is 6.18. The third kappa shape index (κ3) is 2.87. The van der Waals surface area contributed by atoms with Gasteiger partial charge in [-0.25, -0.2) is 0 Å². The van der Waals surface area contributed by atoms with Crippen molar-refractivity contribution in [3.05, 3.63) is 35.9 Å². The molecule has 0 amide bonds. The van der Waals surface area contributed by atoms with Gasteiger partial charge in [-0.05, 0) is 44.3 Å². The number of halogens is 1. The van der Waals surface area contributed by atoms with Crippen LogP contribution in [-0.2, 0) is 0 Å². The Morgan fingerprint density at radius 3 is 2.39 bits per heavy atom. The molecule has 2 unspecified atom stereocenters. The second-order valence-electron chi connectivity index (χ2n) is 5.54. The van der Waals surface area contributed by atoms with E-state index in [9.17, 15) is 0 Å². The zero-order valence-electron chi connectivity index (χ0n) is 11.0. The topological polar surface area (TPSA) is 15.3 Å². The maximum atomic E-state index is 3.82. The average Bonchev–Trinajstić information content (AvgIpc) is 2.41. The van der Waals surface area contributed by atoms with Crippen LogP contribution in [0.2, 0.25) is 0 Å². The summed E-state index contributed by atoms with van der Waals surface area (Å²) in [6.07, 6.45) is 2.78. The molecular formula is C15H23ClN2. The molecule has 4 rings (SSSR count). The van der Waals surface area contributed by atoms with Crippen LogP contribution in [0.1, 0.15) is 31.4 Å². The first-order valence-electron chi connectivity index (χ1n) is 6.86. The summed E-state index contributed by atoms with van der Waals surface area (Å²) in [5.41, 5.74) is 1.41. The van der Waals surface area contributed by atoms with Crippen molar-refractivity contribution in [2.24, 2.45) is 5.92 Å². The van der Waals surface area contributed by atoms with E-state index < -0.39 is 0 Å². The van der Waals surface area contributed by atoms with Gasteiger partial charge in [0.25, 0.3) is 0 Å². The van der Waals surface area contributed by atoms with E-state index in [1.165, 1.54) is 38.0 Å². The van der Waals surface area contributed by atoms with Crippen molar-refractivity contribution in [1.29, 1.82) is 0 Å². The van der Waals surface area contributed by atoms with Crippen LogP contribution in [-0.4, -0.2) is 30.6 Å². The van der Waals surface area contributed by atoms with Gasteiger partial charge < -0.3 is 10.2 Å². The molecule has 3 saturated heterocycles. The van der Waals surface area contributed by atoms with Gasteiger partial charge in [0.15, 0.2) is 0 Å². The standard InChI is InChI=1S/C15H22N2.ClH/c1-12(13-5-3-2-4-6-13)16-15-11-17-9-7-14(15)8-10-17;/h2-6,12,14-16H,7-11H2,1H3;1H. The van der Waals surface area contributed by atoms with Gasteiger partial charge in [-0.2, -0.15) is 0 Å². The molecule has 0 radical (unpaired) electrons. The highest BCUT2D eigenvalue weighted by atomic mass is 35.5. The predicted molar refractivity (Wildman–Crippen MR) is 78.2 cm³/mol. The van der Waals surface area contributed by atoms with Crippen molar-refractivity contribution < 1.29 is 0 Å². The summed E-state index contributed by atoms with van der Waals surface area (Å²) in [7, 11) is 0. The van der Waals surface area contributed by atoms with E-state index in [0.717, 1.165) is 5.92 Å². The zero-order chi connectivity index (χ0) is 11.7. The molecule has 18 heavy (non-hydrogen) atoms. The summed E-state index contributed by atoms with van der Waals surface area (Å²) in [5.74, 6) is 0.908. The maximum Gasteiger partial charge on any atom is 0.0294 e. The van der Waals surface area contributed by atoms with Crippen LogP contribution in [0.25, 0.3) is 0 Å². The molecule has 1 aromatic carbocycles. The lowest BCUT2D eigenvalue weighted by Crippen LogP contribution is -2.56. The summed E-state index contributed by atoms with van der Waals surface area (Å²) >= 11 is 0. The number of hydrogen-bond donors (Lipinski definition) is 1. The molecule has 0 spiro atoms. The summed E-state index contributed by atoms with van der Waals surface area (Å²) in [6, 6.07) is 12.0. The molecule has 0 aliphatic carbocycles. The molecular weight excluding hydrogens is 244 g/mol. The summed E-state index contributed by atoms with van der Waals surface area (Å²) < 4.78 is 0. The molecule has 100 valence electrons. The lowest BCUT2D eigenvalue weighted by Gasteiger charge is -2.46. The molecule has 2 nitrogen and oxygen atoms in total. The van der Waals surface area contributed by atoms with E-state index in [-0.39, 0.29) is 12.4 Å². The van der Waals surface area contributed by atoms with Gasteiger partial charge >= 0.3 is 0 Å². The molecule has 3 heterocycles. The van der Waals surface area contributed by atoms with Crippen LogP contribution < -0.4 is 5.32 Å². The van der Waals surface area contributed by atoms with Gasteiger partial charge in [-0.1, -0.05) is 30.3 Å². The summed E-state index contributed by atoms with van der Waals surface area (Å²) in [5, 5.41) is 3.82. The molecule has 0 saturated carbocycles. The van der Waals surface area contributed by atoms with Crippen molar-refractivity contribution in [3.8, 4) is 0 Å². The van der Waals surface area contributed by atoms with Gasteiger partial charge in [0, 0.05) is 18.6 Å². The average molecular weight is 267 g/mol. The first-order valence-corrected chi connectivity index (χ1v) is 6.86. The maximum absolute atomic E-state index is 3.82. The quantitative estimate of drug-likeness (QED) is 0.905. The van der Waals surface area contributed by atoms with Crippen LogP contribution in [0.15, 0.2) is 30.3 Å². The first kappa shape index (κ1) is 13.9. The number of piperidine rings is 3. The Morgan fingerprint density at radius 2 is 1.83 bits per heavy atom. The molecule has 2 bridgehead atoms. The minimum absolute atomic E-state index is 0. The minimum atomic E-state index is 0. The SMILES string of the molecule is CC(NC1CN2CCC1CC2)c1ccccc1.Cl. The molecule has 3 aliphatic rings. The second-order valence-corrected chi connectivity index (χ2v) is 5.54. The van der Waals surface area contributed by atoms with Crippen molar-refractivity contribution in [2.45, 2.75) is 31.8 Å². The van der Waals surface area contributed by atoms with Crippen LogP contribution >= 0.6 is 12.4 Å². The Hall–Kier alpha value is -0.570. The fourth-order valence-corrected chi connectivity index (χ4v) is 3.31. The van der Waals surface area contributed by atoms with Crippen molar-refractivity contribution in [2.75, 3.05) is 19.6 Å². The van der Waals surface area contributed by atoms with E-state index in [0.29, 0.717) is 12.1 Å². The van der Waals surface area contributed by atoms with Gasteiger partial charge in [0.1, 0.15) is 0 Å². The monoisotopic (exact) mass is 266 g/mol. The van der Waals surface area contributed by atoms with Crippen molar-refractivity contribution in [3.63, 3.8) is 0 Å². The van der Waals surface area contributed by atoms with E-state index in [1.54, 1.807) is 0 Å². The zero-order valence-corrected chi connectivity index (χ0v) is 11.8. The third-order valence-corrected chi connectivity index (χ3v) is 4.42. The second kappa shape index (κ2) is 6.05. The Kier molecular flexibility index (Phi) is 4.66. The number of hydrogen-bond acceptors (Lipinski definition) is 2. The first-order chi connectivity index (χ1) is 8.33. The third-order valence-electron chi connectivity index (χ3n) is 4.42. The summed E-state index contributed by atoms with van der Waals surface area (Å²) in [4.78, 5) is 2.61. The van der Waals surface area contributed by atoms with E-state index in [1.807, 2.05) is 0 Å². The Labute approximate surface area is 116 Å². The Morgan fingerprint density at radius 1 is 1.17 bits per heavy atom. The lowest BCUT2D eigenvalue weighted by atomic mass is 9.83. The highest BCUT2D eigenvalue weighted by Gasteiger charge is 2.34. The van der Waals surface area contributed by atoms with Crippen LogP contribution in [0, 0.1) is 5.92 Å². The molecule has 0 aromatic heterocycles. The molecule has 1 aromatic rings.